The van der Waals surface area contributed by atoms with E-state index in [1.54, 1.807) is 0 Å². The lowest BCUT2D eigenvalue weighted by Gasteiger charge is -2.35. The van der Waals surface area contributed by atoms with Gasteiger partial charge in [-0.05, 0) is 121 Å². The van der Waals surface area contributed by atoms with Gasteiger partial charge in [0.05, 0.1) is 5.41 Å². The normalized spacial score (nSPS) is 14.3. The van der Waals surface area contributed by atoms with E-state index in [-0.39, 0.29) is 5.41 Å². The predicted octanol–water partition coefficient (Wildman–Crippen LogP) is 14.4. The van der Waals surface area contributed by atoms with Crippen molar-refractivity contribution in [2.45, 2.75) is 31.6 Å². The van der Waals surface area contributed by atoms with Crippen LogP contribution in [0.1, 0.15) is 52.8 Å². The lowest BCUT2D eigenvalue weighted by atomic mass is 9.67. The van der Waals surface area contributed by atoms with E-state index in [1.807, 2.05) is 0 Å². The van der Waals surface area contributed by atoms with E-state index < -0.39 is 5.41 Å². The van der Waals surface area contributed by atoms with E-state index in [9.17, 15) is 0 Å². The summed E-state index contributed by atoms with van der Waals surface area (Å²) in [6, 6.07) is 72.5. The molecule has 0 amide bonds. The molecule has 266 valence electrons. The monoisotopic (exact) mass is 715 g/mol. The van der Waals surface area contributed by atoms with Crippen molar-refractivity contribution in [3.8, 4) is 22.3 Å². The summed E-state index contributed by atoms with van der Waals surface area (Å²) in [5, 5.41) is 5.22. The molecular formula is C55H41N. The molecule has 0 bridgehead atoms. The van der Waals surface area contributed by atoms with Gasteiger partial charge in [-0.25, -0.2) is 0 Å². The molecule has 9 aromatic rings. The van der Waals surface area contributed by atoms with Gasteiger partial charge in [0.2, 0.25) is 0 Å². The van der Waals surface area contributed by atoms with Gasteiger partial charge in [-0.3, -0.25) is 0 Å². The maximum Gasteiger partial charge on any atom is 0.0714 e. The molecule has 0 N–H and O–H groups in total. The Labute approximate surface area is 329 Å². The maximum absolute atomic E-state index is 2.47. The van der Waals surface area contributed by atoms with Crippen molar-refractivity contribution in [2.75, 3.05) is 4.90 Å². The van der Waals surface area contributed by atoms with E-state index in [4.69, 9.17) is 0 Å². The van der Waals surface area contributed by atoms with Crippen LogP contribution in [0.3, 0.4) is 0 Å². The van der Waals surface area contributed by atoms with E-state index >= 15 is 0 Å². The molecule has 0 unspecified atom stereocenters. The van der Waals surface area contributed by atoms with Crippen molar-refractivity contribution in [3.05, 3.63) is 233 Å². The summed E-state index contributed by atoms with van der Waals surface area (Å²) < 4.78 is 0. The number of anilines is 3. The molecule has 0 saturated carbocycles. The third-order valence-corrected chi connectivity index (χ3v) is 12.7. The second-order valence-corrected chi connectivity index (χ2v) is 16.2. The van der Waals surface area contributed by atoms with E-state index in [2.05, 4.69) is 220 Å². The van der Waals surface area contributed by atoms with Crippen LogP contribution in [0.15, 0.2) is 194 Å². The van der Waals surface area contributed by atoms with Gasteiger partial charge in [-0.1, -0.05) is 177 Å². The zero-order valence-electron chi connectivity index (χ0n) is 31.9. The van der Waals surface area contributed by atoms with E-state index in [1.165, 1.54) is 82.7 Å². The summed E-state index contributed by atoms with van der Waals surface area (Å²) in [5.41, 5.74) is 17.3. The molecule has 0 saturated heterocycles. The van der Waals surface area contributed by atoms with Gasteiger partial charge < -0.3 is 4.90 Å². The minimum absolute atomic E-state index is 0.142. The van der Waals surface area contributed by atoms with Gasteiger partial charge in [0, 0.05) is 22.5 Å². The molecule has 0 fully saturated rings. The minimum Gasteiger partial charge on any atom is -0.310 e. The smallest absolute Gasteiger partial charge is 0.0714 e. The fourth-order valence-electron chi connectivity index (χ4n) is 10.4. The van der Waals surface area contributed by atoms with Crippen LogP contribution in [0, 0.1) is 6.92 Å². The summed E-state index contributed by atoms with van der Waals surface area (Å²) in [6.45, 7) is 6.98. The average molecular weight is 716 g/mol. The van der Waals surface area contributed by atoms with Crippen LogP contribution in [0.25, 0.3) is 43.8 Å². The third-order valence-electron chi connectivity index (χ3n) is 12.7. The standard InChI is InChI=1S/C55H41N/c1-36-22-26-41(27-23-36)56(42-28-32-45-38(34-42)25-31-49-48-30-24-37-14-10-11-19-44(37)52(48)54(2,3)53(45)49)43-29-33-47-46-20-12-13-21-50(46)55(51(47)35-43,39-15-6-4-7-16-39)40-17-8-5-9-18-40/h4-35H,1-3H3. The summed E-state index contributed by atoms with van der Waals surface area (Å²) in [5.74, 6) is 0. The summed E-state index contributed by atoms with van der Waals surface area (Å²) in [7, 11) is 0. The highest BCUT2D eigenvalue weighted by Crippen LogP contribution is 2.58. The average Bonchev–Trinajstić information content (AvgIpc) is 3.68. The van der Waals surface area contributed by atoms with Crippen LogP contribution < -0.4 is 4.90 Å². The summed E-state index contributed by atoms with van der Waals surface area (Å²) >= 11 is 0. The fraction of sp³-hybridized carbons (Fsp3) is 0.0909. The van der Waals surface area contributed by atoms with Gasteiger partial charge in [0.15, 0.2) is 0 Å². The lowest BCUT2D eigenvalue weighted by molar-refractivity contribution is 0.672. The van der Waals surface area contributed by atoms with Crippen molar-refractivity contribution < 1.29 is 0 Å². The molecular weight excluding hydrogens is 675 g/mol. The topological polar surface area (TPSA) is 3.24 Å². The van der Waals surface area contributed by atoms with Gasteiger partial charge in [0.25, 0.3) is 0 Å². The van der Waals surface area contributed by atoms with Crippen LogP contribution in [0.2, 0.25) is 0 Å². The molecule has 9 aromatic carbocycles. The van der Waals surface area contributed by atoms with Crippen molar-refractivity contribution >= 4 is 38.6 Å². The zero-order valence-corrected chi connectivity index (χ0v) is 31.9. The van der Waals surface area contributed by atoms with Gasteiger partial charge >= 0.3 is 0 Å². The van der Waals surface area contributed by atoms with Gasteiger partial charge in [-0.15, -0.1) is 0 Å². The second kappa shape index (κ2) is 12.2. The first kappa shape index (κ1) is 32.7. The lowest BCUT2D eigenvalue weighted by Crippen LogP contribution is -2.28. The Morgan fingerprint density at radius 1 is 0.375 bits per heavy atom. The van der Waals surface area contributed by atoms with E-state index in [0.717, 1.165) is 17.1 Å². The number of fused-ring (bicyclic) bond motifs is 10. The number of hydrogen-bond acceptors (Lipinski definition) is 1. The van der Waals surface area contributed by atoms with Crippen LogP contribution in [-0.2, 0) is 10.8 Å². The van der Waals surface area contributed by atoms with Gasteiger partial charge in [-0.2, -0.15) is 0 Å². The second-order valence-electron chi connectivity index (χ2n) is 16.2. The Kier molecular flexibility index (Phi) is 7.10. The Hall–Kier alpha value is -6.70. The number of aryl methyl sites for hydroxylation is 1. The van der Waals surface area contributed by atoms with Crippen LogP contribution in [-0.4, -0.2) is 0 Å². The molecule has 11 rings (SSSR count). The molecule has 56 heavy (non-hydrogen) atoms. The first-order valence-electron chi connectivity index (χ1n) is 19.8. The SMILES string of the molecule is Cc1ccc(N(c2ccc3c(c2)C(c2ccccc2)(c2ccccc2)c2ccccc2-3)c2ccc3c4c(ccc3c2)-c2ccc3ccccc3c2C4(C)C)cc1. The van der Waals surface area contributed by atoms with Crippen LogP contribution >= 0.6 is 0 Å². The predicted molar refractivity (Wildman–Crippen MR) is 236 cm³/mol. The number of hydrogen-bond donors (Lipinski definition) is 0. The fourth-order valence-corrected chi connectivity index (χ4v) is 10.4. The quantitative estimate of drug-likeness (QED) is 0.171. The molecule has 0 radical (unpaired) electrons. The number of rotatable bonds is 5. The molecule has 0 aromatic heterocycles. The highest BCUT2D eigenvalue weighted by Gasteiger charge is 2.46. The molecule has 0 heterocycles. The molecule has 1 heteroatoms. The van der Waals surface area contributed by atoms with Crippen LogP contribution in [0.5, 0.6) is 0 Å². The van der Waals surface area contributed by atoms with Gasteiger partial charge in [0.1, 0.15) is 0 Å². The molecule has 0 spiro atoms. The molecule has 0 atom stereocenters. The Bertz CT molecular complexity index is 2950. The Morgan fingerprint density at radius 2 is 0.893 bits per heavy atom. The largest absolute Gasteiger partial charge is 0.310 e. The summed E-state index contributed by atoms with van der Waals surface area (Å²) in [6.07, 6.45) is 0. The highest BCUT2D eigenvalue weighted by molar-refractivity contribution is 6.04. The number of benzene rings is 9. The molecule has 0 aliphatic heterocycles. The molecule has 2 aliphatic rings. The molecule has 1 nitrogen and oxygen atoms in total. The van der Waals surface area contributed by atoms with Crippen molar-refractivity contribution in [3.63, 3.8) is 0 Å². The minimum atomic E-state index is -0.474. The summed E-state index contributed by atoms with van der Waals surface area (Å²) in [4.78, 5) is 2.45. The maximum atomic E-state index is 2.47. The molecule has 2 aliphatic carbocycles. The third kappa shape index (κ3) is 4.55. The van der Waals surface area contributed by atoms with E-state index in [0.29, 0.717) is 0 Å². The Balaban J connectivity index is 1.13. The van der Waals surface area contributed by atoms with Crippen molar-refractivity contribution in [1.29, 1.82) is 0 Å². The first-order valence-corrected chi connectivity index (χ1v) is 19.8. The number of nitrogens with zero attached hydrogens (tertiary/aromatic N) is 1. The van der Waals surface area contributed by atoms with Crippen molar-refractivity contribution in [1.82, 2.24) is 0 Å². The Morgan fingerprint density at radius 3 is 1.61 bits per heavy atom. The van der Waals surface area contributed by atoms with Crippen molar-refractivity contribution in [2.24, 2.45) is 0 Å². The highest BCUT2D eigenvalue weighted by atomic mass is 15.1. The first-order chi connectivity index (χ1) is 27.4. The van der Waals surface area contributed by atoms with Crippen LogP contribution in [0.4, 0.5) is 17.1 Å². The zero-order chi connectivity index (χ0) is 37.6.